The molecular formula is C29H31ClN2O5. The summed E-state index contributed by atoms with van der Waals surface area (Å²) in [6.07, 6.45) is 0.724. The summed E-state index contributed by atoms with van der Waals surface area (Å²) < 4.78 is 0. The van der Waals surface area contributed by atoms with Crippen LogP contribution in [0.1, 0.15) is 69.7 Å². The molecule has 0 aliphatic carbocycles. The summed E-state index contributed by atoms with van der Waals surface area (Å²) in [5, 5.41) is 25.0. The monoisotopic (exact) mass is 522 g/mol. The number of carboxylic acid groups (broad SMARTS) is 1. The lowest BCUT2D eigenvalue weighted by Gasteiger charge is -2.20. The van der Waals surface area contributed by atoms with Gasteiger partial charge in [0.2, 0.25) is 0 Å². The number of carbonyl (C=O) groups excluding carboxylic acids is 2. The van der Waals surface area contributed by atoms with Gasteiger partial charge in [0.1, 0.15) is 6.04 Å². The first kappa shape index (κ1) is 27.9. The number of anilines is 1. The van der Waals surface area contributed by atoms with Crippen molar-refractivity contribution in [3.05, 3.63) is 99.1 Å². The van der Waals surface area contributed by atoms with Crippen molar-refractivity contribution in [1.29, 1.82) is 0 Å². The van der Waals surface area contributed by atoms with Gasteiger partial charge in [0.05, 0.1) is 17.2 Å². The van der Waals surface area contributed by atoms with E-state index in [-0.39, 0.29) is 29.5 Å². The van der Waals surface area contributed by atoms with Crippen molar-refractivity contribution in [3.8, 4) is 0 Å². The number of halogens is 1. The molecule has 0 heterocycles. The van der Waals surface area contributed by atoms with E-state index in [1.807, 2.05) is 39.0 Å². The van der Waals surface area contributed by atoms with Crippen LogP contribution in [0.15, 0.2) is 60.7 Å². The SMILES string of the molecule is CCc1cccc(C(C)C)c1C(=O)NC(Cc1ccc(NC(=O)c2c(Cl)cccc2CO)cc1)C(=O)O. The zero-order valence-electron chi connectivity index (χ0n) is 21.0. The second-order valence-corrected chi connectivity index (χ2v) is 9.45. The van der Waals surface area contributed by atoms with Gasteiger partial charge in [0, 0.05) is 17.7 Å². The minimum atomic E-state index is -1.14. The number of carboxylic acids is 1. The van der Waals surface area contributed by atoms with Crippen molar-refractivity contribution in [2.75, 3.05) is 5.32 Å². The summed E-state index contributed by atoms with van der Waals surface area (Å²) in [5.41, 5.74) is 4.04. The summed E-state index contributed by atoms with van der Waals surface area (Å²) in [6, 6.07) is 16.1. The van der Waals surface area contributed by atoms with Crippen LogP contribution >= 0.6 is 11.6 Å². The maximum Gasteiger partial charge on any atom is 0.326 e. The molecule has 2 amide bonds. The number of nitrogens with one attached hydrogen (secondary N) is 2. The molecule has 0 radical (unpaired) electrons. The Hall–Kier alpha value is -3.68. The van der Waals surface area contributed by atoms with Crippen LogP contribution in [0.3, 0.4) is 0 Å². The van der Waals surface area contributed by atoms with Crippen LogP contribution in [0, 0.1) is 0 Å². The van der Waals surface area contributed by atoms with Gasteiger partial charge in [-0.25, -0.2) is 4.79 Å². The minimum Gasteiger partial charge on any atom is -0.480 e. The van der Waals surface area contributed by atoms with Gasteiger partial charge in [-0.15, -0.1) is 0 Å². The van der Waals surface area contributed by atoms with Gasteiger partial charge < -0.3 is 20.8 Å². The highest BCUT2D eigenvalue weighted by atomic mass is 35.5. The number of carbonyl (C=O) groups is 3. The third kappa shape index (κ3) is 6.76. The maximum absolute atomic E-state index is 13.2. The Morgan fingerprint density at radius 3 is 2.14 bits per heavy atom. The van der Waals surface area contributed by atoms with E-state index in [9.17, 15) is 24.6 Å². The van der Waals surface area contributed by atoms with Crippen LogP contribution in [0.25, 0.3) is 0 Å². The summed E-state index contributed by atoms with van der Waals surface area (Å²) in [6.45, 7) is 5.63. The molecule has 0 bridgehead atoms. The summed E-state index contributed by atoms with van der Waals surface area (Å²) in [7, 11) is 0. The highest BCUT2D eigenvalue weighted by Crippen LogP contribution is 2.24. The molecule has 0 fully saturated rings. The average Bonchev–Trinajstić information content (AvgIpc) is 2.88. The Morgan fingerprint density at radius 1 is 0.892 bits per heavy atom. The Kier molecular flexibility index (Phi) is 9.44. The maximum atomic E-state index is 13.2. The van der Waals surface area contributed by atoms with Crippen molar-refractivity contribution in [3.63, 3.8) is 0 Å². The molecule has 0 saturated heterocycles. The molecule has 3 aromatic rings. The lowest BCUT2D eigenvalue weighted by Crippen LogP contribution is -2.43. The molecule has 0 saturated carbocycles. The number of aliphatic hydroxyl groups is 1. The average molecular weight is 523 g/mol. The molecule has 8 heteroatoms. The molecule has 1 atom stereocenters. The second-order valence-electron chi connectivity index (χ2n) is 9.04. The second kappa shape index (κ2) is 12.5. The predicted molar refractivity (Wildman–Crippen MR) is 144 cm³/mol. The van der Waals surface area contributed by atoms with Crippen molar-refractivity contribution < 1.29 is 24.6 Å². The van der Waals surface area contributed by atoms with Gasteiger partial charge in [-0.3, -0.25) is 9.59 Å². The van der Waals surface area contributed by atoms with Crippen LogP contribution in [0.2, 0.25) is 5.02 Å². The number of aliphatic carboxylic acids is 1. The fourth-order valence-corrected chi connectivity index (χ4v) is 4.49. The Morgan fingerprint density at radius 2 is 1.54 bits per heavy atom. The zero-order valence-corrected chi connectivity index (χ0v) is 21.8. The molecule has 0 aromatic heterocycles. The van der Waals surface area contributed by atoms with Crippen LogP contribution in [-0.4, -0.2) is 34.0 Å². The normalized spacial score (nSPS) is 11.7. The number of benzene rings is 3. The number of aryl methyl sites for hydroxylation is 1. The van der Waals surface area contributed by atoms with E-state index in [1.165, 1.54) is 0 Å². The van der Waals surface area contributed by atoms with Gasteiger partial charge in [-0.1, -0.05) is 74.8 Å². The third-order valence-corrected chi connectivity index (χ3v) is 6.48. The van der Waals surface area contributed by atoms with E-state index in [0.29, 0.717) is 28.8 Å². The van der Waals surface area contributed by atoms with Crippen LogP contribution in [0.4, 0.5) is 5.69 Å². The highest BCUT2D eigenvalue weighted by Gasteiger charge is 2.25. The van der Waals surface area contributed by atoms with Crippen LogP contribution in [-0.2, 0) is 24.2 Å². The standard InChI is InChI=1S/C29H31ClN2O5/c1-4-19-7-5-9-22(17(2)3)25(19)27(34)32-24(29(36)37)15-18-11-13-21(14-12-18)31-28(35)26-20(16-33)8-6-10-23(26)30/h5-14,17,24,33H,4,15-16H2,1-3H3,(H,31,35)(H,32,34)(H,36,37). The molecule has 7 nitrogen and oxygen atoms in total. The molecule has 0 aliphatic heterocycles. The third-order valence-electron chi connectivity index (χ3n) is 6.17. The number of amides is 2. The molecular weight excluding hydrogens is 492 g/mol. The number of aliphatic hydroxyl groups excluding tert-OH is 1. The first-order valence-electron chi connectivity index (χ1n) is 12.1. The fourth-order valence-electron chi connectivity index (χ4n) is 4.21. The van der Waals surface area contributed by atoms with E-state index < -0.39 is 23.8 Å². The van der Waals surface area contributed by atoms with Crippen LogP contribution < -0.4 is 10.6 Å². The lowest BCUT2D eigenvalue weighted by molar-refractivity contribution is -0.139. The molecule has 37 heavy (non-hydrogen) atoms. The smallest absolute Gasteiger partial charge is 0.326 e. The first-order chi connectivity index (χ1) is 17.7. The number of hydrogen-bond donors (Lipinski definition) is 4. The molecule has 3 rings (SSSR count). The van der Waals surface area contributed by atoms with Gasteiger partial charge >= 0.3 is 5.97 Å². The quantitative estimate of drug-likeness (QED) is 0.292. The van der Waals surface area contributed by atoms with E-state index in [2.05, 4.69) is 10.6 Å². The Bertz CT molecular complexity index is 1290. The van der Waals surface area contributed by atoms with Crippen molar-refractivity contribution in [1.82, 2.24) is 5.32 Å². The topological polar surface area (TPSA) is 116 Å². The van der Waals surface area contributed by atoms with Gasteiger partial charge in [0.15, 0.2) is 0 Å². The Balaban J connectivity index is 1.74. The molecule has 194 valence electrons. The highest BCUT2D eigenvalue weighted by molar-refractivity contribution is 6.34. The van der Waals surface area contributed by atoms with E-state index in [0.717, 1.165) is 11.1 Å². The Labute approximate surface area is 221 Å². The largest absolute Gasteiger partial charge is 0.480 e. The van der Waals surface area contributed by atoms with Gasteiger partial charge in [-0.2, -0.15) is 0 Å². The van der Waals surface area contributed by atoms with Crippen LogP contribution in [0.5, 0.6) is 0 Å². The van der Waals surface area contributed by atoms with Gasteiger partial charge in [0.25, 0.3) is 11.8 Å². The summed E-state index contributed by atoms with van der Waals surface area (Å²) in [5.74, 6) is -1.90. The fraction of sp³-hybridized carbons (Fsp3) is 0.276. The van der Waals surface area contributed by atoms with Crippen molar-refractivity contribution >= 4 is 35.1 Å². The summed E-state index contributed by atoms with van der Waals surface area (Å²) in [4.78, 5) is 37.9. The zero-order chi connectivity index (χ0) is 27.1. The number of hydrogen-bond acceptors (Lipinski definition) is 4. The first-order valence-corrected chi connectivity index (χ1v) is 12.5. The molecule has 4 N–H and O–H groups in total. The minimum absolute atomic E-state index is 0.0692. The lowest BCUT2D eigenvalue weighted by atomic mass is 9.91. The van der Waals surface area contributed by atoms with Crippen molar-refractivity contribution in [2.45, 2.75) is 52.2 Å². The van der Waals surface area contributed by atoms with E-state index in [4.69, 9.17) is 11.6 Å². The van der Waals surface area contributed by atoms with Gasteiger partial charge in [-0.05, 0) is 52.8 Å². The van der Waals surface area contributed by atoms with Crippen molar-refractivity contribution in [2.24, 2.45) is 0 Å². The molecule has 1 unspecified atom stereocenters. The summed E-state index contributed by atoms with van der Waals surface area (Å²) >= 11 is 6.15. The van der Waals surface area contributed by atoms with E-state index in [1.54, 1.807) is 42.5 Å². The predicted octanol–water partition coefficient (Wildman–Crippen LogP) is 5.20. The molecule has 0 aliphatic rings. The molecule has 3 aromatic carbocycles. The number of rotatable bonds is 10. The molecule has 0 spiro atoms. The van der Waals surface area contributed by atoms with E-state index >= 15 is 0 Å².